The fourth-order valence-corrected chi connectivity index (χ4v) is 4.36. The highest BCUT2D eigenvalue weighted by Gasteiger charge is 2.43. The largest absolute Gasteiger partial charge is 0.376 e. The molecule has 0 unspecified atom stereocenters. The van der Waals surface area contributed by atoms with Crippen molar-refractivity contribution in [1.82, 2.24) is 10.2 Å². The SMILES string of the molecule is COCC(=O)NC[C@@H]1CO[C@@H]2CN(Cc3sccc3C)C[C@H]12. The van der Waals surface area contributed by atoms with Crippen LogP contribution in [0.5, 0.6) is 0 Å². The molecule has 2 aliphatic heterocycles. The topological polar surface area (TPSA) is 50.8 Å². The van der Waals surface area contributed by atoms with Crippen molar-refractivity contribution >= 4 is 17.2 Å². The zero-order valence-corrected chi connectivity index (χ0v) is 14.0. The van der Waals surface area contributed by atoms with Crippen molar-refractivity contribution in [3.63, 3.8) is 0 Å². The molecule has 22 heavy (non-hydrogen) atoms. The van der Waals surface area contributed by atoms with Gasteiger partial charge in [-0.05, 0) is 23.9 Å². The molecule has 5 nitrogen and oxygen atoms in total. The molecule has 3 rings (SSSR count). The number of hydrogen-bond acceptors (Lipinski definition) is 5. The van der Waals surface area contributed by atoms with Crippen LogP contribution in [0.3, 0.4) is 0 Å². The Kier molecular flexibility index (Phi) is 5.13. The summed E-state index contributed by atoms with van der Waals surface area (Å²) in [5, 5.41) is 5.11. The van der Waals surface area contributed by atoms with Gasteiger partial charge in [0.15, 0.2) is 0 Å². The number of hydrogen-bond donors (Lipinski definition) is 1. The van der Waals surface area contributed by atoms with Crippen molar-refractivity contribution in [3.05, 3.63) is 21.9 Å². The quantitative estimate of drug-likeness (QED) is 0.856. The number of amides is 1. The number of methoxy groups -OCH3 is 1. The summed E-state index contributed by atoms with van der Waals surface area (Å²) in [7, 11) is 1.54. The number of ether oxygens (including phenoxy) is 2. The van der Waals surface area contributed by atoms with Gasteiger partial charge >= 0.3 is 0 Å². The zero-order chi connectivity index (χ0) is 15.5. The van der Waals surface area contributed by atoms with E-state index in [1.807, 2.05) is 11.3 Å². The van der Waals surface area contributed by atoms with Crippen LogP contribution in [-0.2, 0) is 20.8 Å². The van der Waals surface area contributed by atoms with Crippen molar-refractivity contribution in [2.45, 2.75) is 19.6 Å². The minimum absolute atomic E-state index is 0.0463. The van der Waals surface area contributed by atoms with Crippen LogP contribution >= 0.6 is 11.3 Å². The lowest BCUT2D eigenvalue weighted by atomic mass is 9.93. The molecule has 0 bridgehead atoms. The van der Waals surface area contributed by atoms with E-state index in [1.54, 1.807) is 0 Å². The Bertz CT molecular complexity index is 519. The van der Waals surface area contributed by atoms with Crippen LogP contribution in [0.25, 0.3) is 0 Å². The maximum Gasteiger partial charge on any atom is 0.245 e. The van der Waals surface area contributed by atoms with Crippen LogP contribution in [0.4, 0.5) is 0 Å². The average molecular weight is 324 g/mol. The van der Waals surface area contributed by atoms with E-state index in [1.165, 1.54) is 17.6 Å². The Morgan fingerprint density at radius 2 is 2.41 bits per heavy atom. The summed E-state index contributed by atoms with van der Waals surface area (Å²) in [5.41, 5.74) is 1.38. The van der Waals surface area contributed by atoms with Crippen molar-refractivity contribution in [3.8, 4) is 0 Å². The molecule has 0 aromatic carbocycles. The van der Waals surface area contributed by atoms with Crippen LogP contribution in [0, 0.1) is 18.8 Å². The first-order valence-corrected chi connectivity index (χ1v) is 8.68. The predicted octanol–water partition coefficient (Wildman–Crippen LogP) is 1.27. The third-order valence-corrected chi connectivity index (χ3v) is 5.69. The van der Waals surface area contributed by atoms with Gasteiger partial charge in [-0.2, -0.15) is 0 Å². The molecule has 1 aromatic heterocycles. The second-order valence-electron chi connectivity index (χ2n) is 6.25. The number of thiophene rings is 1. The van der Waals surface area contributed by atoms with E-state index in [2.05, 4.69) is 28.6 Å². The van der Waals surface area contributed by atoms with Gasteiger partial charge in [0, 0.05) is 50.0 Å². The van der Waals surface area contributed by atoms with E-state index in [0.717, 1.165) is 26.2 Å². The zero-order valence-electron chi connectivity index (χ0n) is 13.2. The van der Waals surface area contributed by atoms with Gasteiger partial charge in [0.25, 0.3) is 0 Å². The monoisotopic (exact) mass is 324 g/mol. The third-order valence-electron chi connectivity index (χ3n) is 4.69. The van der Waals surface area contributed by atoms with Gasteiger partial charge in [-0.25, -0.2) is 0 Å². The van der Waals surface area contributed by atoms with Gasteiger partial charge in [-0.1, -0.05) is 0 Å². The van der Waals surface area contributed by atoms with E-state index < -0.39 is 0 Å². The van der Waals surface area contributed by atoms with Gasteiger partial charge in [0.2, 0.25) is 5.91 Å². The van der Waals surface area contributed by atoms with Gasteiger partial charge < -0.3 is 14.8 Å². The maximum absolute atomic E-state index is 11.5. The molecule has 2 fully saturated rings. The standard InChI is InChI=1S/C16H24N2O3S/c1-11-3-4-22-15(11)8-18-6-13-12(9-21-14(13)7-18)5-17-16(19)10-20-2/h3-4,12-14H,5-10H2,1-2H3,(H,17,19)/t12-,13-,14-/m1/s1. The molecule has 3 atom stereocenters. The molecule has 2 aliphatic rings. The fourth-order valence-electron chi connectivity index (χ4n) is 3.42. The minimum atomic E-state index is -0.0463. The van der Waals surface area contributed by atoms with Gasteiger partial charge in [0.05, 0.1) is 12.7 Å². The Labute approximate surface area is 135 Å². The minimum Gasteiger partial charge on any atom is -0.376 e. The molecule has 1 N–H and O–H groups in total. The number of nitrogens with one attached hydrogen (secondary N) is 1. The molecule has 1 aromatic rings. The molecule has 6 heteroatoms. The first-order chi connectivity index (χ1) is 10.7. The number of fused-ring (bicyclic) bond motifs is 1. The van der Waals surface area contributed by atoms with E-state index in [-0.39, 0.29) is 12.5 Å². The van der Waals surface area contributed by atoms with Crippen molar-refractivity contribution in [2.24, 2.45) is 11.8 Å². The van der Waals surface area contributed by atoms with Crippen LogP contribution in [0.2, 0.25) is 0 Å². The molecule has 3 heterocycles. The van der Waals surface area contributed by atoms with Crippen LogP contribution < -0.4 is 5.32 Å². The Morgan fingerprint density at radius 3 is 3.14 bits per heavy atom. The lowest BCUT2D eigenvalue weighted by Gasteiger charge is -2.19. The first kappa shape index (κ1) is 15.9. The Morgan fingerprint density at radius 1 is 1.55 bits per heavy atom. The number of likely N-dealkylation sites (tertiary alicyclic amines) is 1. The summed E-state index contributed by atoms with van der Waals surface area (Å²) in [4.78, 5) is 15.5. The average Bonchev–Trinajstić information content (AvgIpc) is 3.15. The van der Waals surface area contributed by atoms with Gasteiger partial charge in [-0.15, -0.1) is 11.3 Å². The Hall–Kier alpha value is -0.950. The summed E-state index contributed by atoms with van der Waals surface area (Å²) < 4.78 is 10.8. The second kappa shape index (κ2) is 7.08. The molecular weight excluding hydrogens is 300 g/mol. The molecule has 0 radical (unpaired) electrons. The lowest BCUT2D eigenvalue weighted by Crippen LogP contribution is -2.35. The molecule has 1 amide bonds. The van der Waals surface area contributed by atoms with Crippen LogP contribution in [-0.4, -0.2) is 56.9 Å². The summed E-state index contributed by atoms with van der Waals surface area (Å²) >= 11 is 1.83. The highest BCUT2D eigenvalue weighted by atomic mass is 32.1. The highest BCUT2D eigenvalue weighted by Crippen LogP contribution is 2.34. The number of carbonyl (C=O) groups excluding carboxylic acids is 1. The van der Waals surface area contributed by atoms with Crippen LogP contribution in [0.15, 0.2) is 11.4 Å². The van der Waals surface area contributed by atoms with Crippen LogP contribution in [0.1, 0.15) is 10.4 Å². The molecule has 0 saturated carbocycles. The summed E-state index contributed by atoms with van der Waals surface area (Å²) in [5.74, 6) is 0.901. The first-order valence-electron chi connectivity index (χ1n) is 7.80. The Balaban J connectivity index is 1.50. The van der Waals surface area contributed by atoms with Crippen molar-refractivity contribution in [2.75, 3.05) is 40.0 Å². The molecule has 0 spiro atoms. The normalized spacial score (nSPS) is 28.0. The van der Waals surface area contributed by atoms with Gasteiger partial charge in [-0.3, -0.25) is 9.69 Å². The van der Waals surface area contributed by atoms with E-state index in [4.69, 9.17) is 9.47 Å². The molecule has 122 valence electrons. The lowest BCUT2D eigenvalue weighted by molar-refractivity contribution is -0.124. The maximum atomic E-state index is 11.5. The number of aryl methyl sites for hydroxylation is 1. The number of rotatable bonds is 6. The predicted molar refractivity (Wildman–Crippen MR) is 85.9 cm³/mol. The molecule has 2 saturated heterocycles. The molecule has 0 aliphatic carbocycles. The number of carbonyl (C=O) groups is 1. The number of nitrogens with zero attached hydrogens (tertiary/aromatic N) is 1. The van der Waals surface area contributed by atoms with Gasteiger partial charge in [0.1, 0.15) is 6.61 Å². The molecular formula is C16H24N2O3S. The summed E-state index contributed by atoms with van der Waals surface area (Å²) in [6, 6.07) is 2.18. The highest BCUT2D eigenvalue weighted by molar-refractivity contribution is 7.10. The van der Waals surface area contributed by atoms with E-state index in [0.29, 0.717) is 24.5 Å². The smallest absolute Gasteiger partial charge is 0.245 e. The van der Waals surface area contributed by atoms with Crippen molar-refractivity contribution in [1.29, 1.82) is 0 Å². The summed E-state index contributed by atoms with van der Waals surface area (Å²) in [6.07, 6.45) is 0.324. The second-order valence-corrected chi connectivity index (χ2v) is 7.25. The van der Waals surface area contributed by atoms with E-state index >= 15 is 0 Å². The fraction of sp³-hybridized carbons (Fsp3) is 0.688. The van der Waals surface area contributed by atoms with E-state index in [9.17, 15) is 4.79 Å². The third kappa shape index (κ3) is 3.51. The summed E-state index contributed by atoms with van der Waals surface area (Å²) in [6.45, 7) is 6.84. The van der Waals surface area contributed by atoms with Crippen molar-refractivity contribution < 1.29 is 14.3 Å².